The number of piperidine rings is 1. The first-order valence-electron chi connectivity index (χ1n) is 7.64. The maximum atomic E-state index is 12.6. The van der Waals surface area contributed by atoms with Crippen LogP contribution in [0.4, 0.5) is 10.5 Å². The van der Waals surface area contributed by atoms with E-state index in [-0.39, 0.29) is 6.03 Å². The lowest BCUT2D eigenvalue weighted by Crippen LogP contribution is -2.49. The lowest BCUT2D eigenvalue weighted by Gasteiger charge is -2.38. The molecule has 2 rings (SSSR count). The van der Waals surface area contributed by atoms with Crippen molar-refractivity contribution in [3.63, 3.8) is 0 Å². The smallest absolute Gasteiger partial charge is 0.322 e. The van der Waals surface area contributed by atoms with Crippen LogP contribution in [0.15, 0.2) is 10.8 Å². The van der Waals surface area contributed by atoms with E-state index in [9.17, 15) is 4.79 Å². The maximum Gasteiger partial charge on any atom is 0.322 e. The van der Waals surface area contributed by atoms with Crippen molar-refractivity contribution in [2.45, 2.75) is 39.7 Å². The van der Waals surface area contributed by atoms with Crippen molar-refractivity contribution in [3.05, 3.63) is 12.0 Å². The third-order valence-electron chi connectivity index (χ3n) is 3.94. The molecule has 1 aromatic rings. The Morgan fingerprint density at radius 1 is 1.52 bits per heavy atom. The van der Waals surface area contributed by atoms with Gasteiger partial charge in [0.05, 0.1) is 0 Å². The van der Waals surface area contributed by atoms with E-state index in [2.05, 4.69) is 36.3 Å². The van der Waals surface area contributed by atoms with Crippen LogP contribution in [0, 0.1) is 12.8 Å². The number of nitrogens with zero attached hydrogens (tertiary/aromatic N) is 3. The van der Waals surface area contributed by atoms with E-state index in [0.717, 1.165) is 32.5 Å². The molecule has 0 saturated carbocycles. The van der Waals surface area contributed by atoms with Gasteiger partial charge in [-0.25, -0.2) is 4.79 Å². The number of anilines is 1. The van der Waals surface area contributed by atoms with Crippen LogP contribution in [0.3, 0.4) is 0 Å². The van der Waals surface area contributed by atoms with Crippen LogP contribution in [0.1, 0.15) is 32.4 Å². The number of carbonyl (C=O) groups excluding carboxylic acids is 1. The summed E-state index contributed by atoms with van der Waals surface area (Å²) in [7, 11) is 2.13. The second-order valence-corrected chi connectivity index (χ2v) is 6.32. The molecule has 0 radical (unpaired) electrons. The number of likely N-dealkylation sites (tertiary alicyclic amines) is 1. The van der Waals surface area contributed by atoms with E-state index < -0.39 is 0 Å². The molecule has 6 heteroatoms. The Kier molecular flexibility index (Phi) is 5.22. The first-order chi connectivity index (χ1) is 9.97. The standard InChI is InChI=1S/C15H26N4O2/c1-11(2)9-19(13-5-7-18(4)8-6-13)15(20)16-14-10-21-17-12(14)3/h10-11,13H,5-9H2,1-4H3,(H,16,20). The Labute approximate surface area is 126 Å². The van der Waals surface area contributed by atoms with E-state index >= 15 is 0 Å². The normalized spacial score (nSPS) is 17.2. The highest BCUT2D eigenvalue weighted by Crippen LogP contribution is 2.20. The highest BCUT2D eigenvalue weighted by Gasteiger charge is 2.28. The number of rotatable bonds is 4. The van der Waals surface area contributed by atoms with Crippen LogP contribution in [-0.2, 0) is 0 Å². The largest absolute Gasteiger partial charge is 0.362 e. The Bertz CT molecular complexity index is 464. The lowest BCUT2D eigenvalue weighted by atomic mass is 10.0. The van der Waals surface area contributed by atoms with Gasteiger partial charge in [-0.2, -0.15) is 0 Å². The van der Waals surface area contributed by atoms with E-state index in [1.807, 2.05) is 11.8 Å². The summed E-state index contributed by atoms with van der Waals surface area (Å²) in [6.45, 7) is 8.95. The van der Waals surface area contributed by atoms with Crippen LogP contribution < -0.4 is 5.32 Å². The summed E-state index contributed by atoms with van der Waals surface area (Å²) in [6, 6.07) is 0.258. The Hall–Kier alpha value is -1.56. The third-order valence-corrected chi connectivity index (χ3v) is 3.94. The topological polar surface area (TPSA) is 61.6 Å². The molecule has 2 heterocycles. The number of hydrogen-bond donors (Lipinski definition) is 1. The molecule has 0 unspecified atom stereocenters. The second kappa shape index (κ2) is 6.93. The van der Waals surface area contributed by atoms with Gasteiger partial charge in [0.15, 0.2) is 0 Å². The fourth-order valence-corrected chi connectivity index (χ4v) is 2.70. The van der Waals surface area contributed by atoms with Crippen molar-refractivity contribution in [3.8, 4) is 0 Å². The highest BCUT2D eigenvalue weighted by atomic mass is 16.5. The highest BCUT2D eigenvalue weighted by molar-refractivity contribution is 5.89. The molecular weight excluding hydrogens is 268 g/mol. The second-order valence-electron chi connectivity index (χ2n) is 6.32. The predicted molar refractivity (Wildman–Crippen MR) is 82.3 cm³/mol. The van der Waals surface area contributed by atoms with Gasteiger partial charge in [-0.1, -0.05) is 19.0 Å². The zero-order valence-corrected chi connectivity index (χ0v) is 13.4. The number of urea groups is 1. The van der Waals surface area contributed by atoms with Crippen LogP contribution in [0.5, 0.6) is 0 Å². The first kappa shape index (κ1) is 15.8. The minimum absolute atomic E-state index is 0.0513. The summed E-state index contributed by atoms with van der Waals surface area (Å²) in [5.41, 5.74) is 1.36. The monoisotopic (exact) mass is 294 g/mol. The molecule has 1 aliphatic heterocycles. The van der Waals surface area contributed by atoms with Gasteiger partial charge in [0.1, 0.15) is 17.6 Å². The van der Waals surface area contributed by atoms with E-state index in [1.54, 1.807) is 0 Å². The number of aryl methyl sites for hydroxylation is 1. The molecule has 0 aliphatic carbocycles. The number of aromatic nitrogens is 1. The molecule has 0 atom stereocenters. The minimum atomic E-state index is -0.0513. The average Bonchev–Trinajstić information content (AvgIpc) is 2.82. The number of carbonyl (C=O) groups is 1. The average molecular weight is 294 g/mol. The fourth-order valence-electron chi connectivity index (χ4n) is 2.70. The molecule has 1 aliphatic rings. The van der Waals surface area contributed by atoms with Crippen molar-refractivity contribution >= 4 is 11.7 Å². The summed E-state index contributed by atoms with van der Waals surface area (Å²) in [5, 5.41) is 6.72. The van der Waals surface area contributed by atoms with Crippen LogP contribution in [-0.4, -0.2) is 53.7 Å². The van der Waals surface area contributed by atoms with Gasteiger partial charge >= 0.3 is 6.03 Å². The summed E-state index contributed by atoms with van der Waals surface area (Å²) < 4.78 is 4.88. The van der Waals surface area contributed by atoms with Crippen molar-refractivity contribution in [1.82, 2.24) is 15.0 Å². The SMILES string of the molecule is Cc1nocc1NC(=O)N(CC(C)C)C1CCN(C)CC1. The van der Waals surface area contributed by atoms with Crippen molar-refractivity contribution in [2.75, 3.05) is 32.0 Å². The molecule has 118 valence electrons. The summed E-state index contributed by atoms with van der Waals surface area (Å²) in [5.74, 6) is 0.443. The molecule has 0 bridgehead atoms. The van der Waals surface area contributed by atoms with Gasteiger partial charge in [-0.05, 0) is 45.8 Å². The molecule has 1 saturated heterocycles. The van der Waals surface area contributed by atoms with Crippen LogP contribution in [0.25, 0.3) is 0 Å². The predicted octanol–water partition coefficient (Wildman–Crippen LogP) is 2.57. The first-order valence-corrected chi connectivity index (χ1v) is 7.64. The summed E-state index contributed by atoms with van der Waals surface area (Å²) >= 11 is 0. The molecule has 1 N–H and O–H groups in total. The Morgan fingerprint density at radius 3 is 2.71 bits per heavy atom. The van der Waals surface area contributed by atoms with Crippen molar-refractivity contribution in [2.24, 2.45) is 5.92 Å². The van der Waals surface area contributed by atoms with Crippen molar-refractivity contribution in [1.29, 1.82) is 0 Å². The molecule has 0 spiro atoms. The molecule has 6 nitrogen and oxygen atoms in total. The maximum absolute atomic E-state index is 12.6. The van der Waals surface area contributed by atoms with Gasteiger partial charge < -0.3 is 19.6 Å². The lowest BCUT2D eigenvalue weighted by molar-refractivity contribution is 0.131. The fraction of sp³-hybridized carbons (Fsp3) is 0.733. The van der Waals surface area contributed by atoms with Crippen LogP contribution in [0.2, 0.25) is 0 Å². The number of hydrogen-bond acceptors (Lipinski definition) is 4. The van der Waals surface area contributed by atoms with Gasteiger partial charge in [0.2, 0.25) is 0 Å². The molecule has 1 fully saturated rings. The van der Waals surface area contributed by atoms with Gasteiger partial charge in [-0.3, -0.25) is 0 Å². The zero-order valence-electron chi connectivity index (χ0n) is 13.4. The molecule has 2 amide bonds. The van der Waals surface area contributed by atoms with Gasteiger partial charge in [0, 0.05) is 12.6 Å². The summed E-state index contributed by atoms with van der Waals surface area (Å²) in [6.07, 6.45) is 3.54. The molecule has 0 aromatic carbocycles. The zero-order chi connectivity index (χ0) is 15.4. The van der Waals surface area contributed by atoms with E-state index in [4.69, 9.17) is 4.52 Å². The van der Waals surface area contributed by atoms with E-state index in [0.29, 0.717) is 23.3 Å². The summed E-state index contributed by atoms with van der Waals surface area (Å²) in [4.78, 5) is 16.9. The third kappa shape index (κ3) is 4.20. The quantitative estimate of drug-likeness (QED) is 0.927. The molecular formula is C15H26N4O2. The molecule has 1 aromatic heterocycles. The van der Waals surface area contributed by atoms with Gasteiger partial charge in [-0.15, -0.1) is 0 Å². The Balaban J connectivity index is 2.04. The Morgan fingerprint density at radius 2 is 2.19 bits per heavy atom. The van der Waals surface area contributed by atoms with E-state index in [1.165, 1.54) is 6.26 Å². The number of amides is 2. The minimum Gasteiger partial charge on any atom is -0.362 e. The van der Waals surface area contributed by atoms with Crippen molar-refractivity contribution < 1.29 is 9.32 Å². The number of nitrogens with one attached hydrogen (secondary N) is 1. The van der Waals surface area contributed by atoms with Gasteiger partial charge in [0.25, 0.3) is 0 Å². The molecule has 21 heavy (non-hydrogen) atoms. The van der Waals surface area contributed by atoms with Crippen LogP contribution >= 0.6 is 0 Å².